The highest BCUT2D eigenvalue weighted by atomic mass is 16.3. The predicted molar refractivity (Wildman–Crippen MR) is 62.4 cm³/mol. The lowest BCUT2D eigenvalue weighted by Crippen LogP contribution is -2.29. The van der Waals surface area contributed by atoms with Gasteiger partial charge in [0.05, 0.1) is 0 Å². The molecule has 0 rings (SSSR count). The molecule has 0 aliphatic heterocycles. The zero-order valence-corrected chi connectivity index (χ0v) is 10.3. The molecule has 0 saturated heterocycles. The van der Waals surface area contributed by atoms with Crippen LogP contribution in [0.25, 0.3) is 0 Å². The van der Waals surface area contributed by atoms with E-state index in [9.17, 15) is 0 Å². The number of rotatable bonds is 7. The summed E-state index contributed by atoms with van der Waals surface area (Å²) in [6.07, 6.45) is 3.42. The first-order chi connectivity index (χ1) is 6.49. The van der Waals surface area contributed by atoms with Crippen molar-refractivity contribution in [2.75, 3.05) is 19.7 Å². The van der Waals surface area contributed by atoms with Gasteiger partial charge in [0, 0.05) is 6.61 Å². The summed E-state index contributed by atoms with van der Waals surface area (Å²) in [7, 11) is 0. The van der Waals surface area contributed by atoms with Crippen LogP contribution in [-0.4, -0.2) is 24.8 Å². The van der Waals surface area contributed by atoms with Crippen LogP contribution in [0.3, 0.4) is 0 Å². The second kappa shape index (κ2) is 7.24. The highest BCUT2D eigenvalue weighted by Gasteiger charge is 2.10. The summed E-state index contributed by atoms with van der Waals surface area (Å²) in [6.45, 7) is 11.3. The Bertz CT molecular complexity index is 129. The average molecular weight is 201 g/mol. The van der Waals surface area contributed by atoms with E-state index in [4.69, 9.17) is 5.11 Å². The maximum Gasteiger partial charge on any atom is 0.0459 e. The summed E-state index contributed by atoms with van der Waals surface area (Å²) in [6, 6.07) is 0. The quantitative estimate of drug-likeness (QED) is 0.620. The predicted octanol–water partition coefficient (Wildman–Crippen LogP) is 2.42. The molecule has 0 aromatic carbocycles. The number of hydrogen-bond donors (Lipinski definition) is 2. The molecule has 0 aliphatic rings. The third-order valence-corrected chi connectivity index (χ3v) is 2.34. The van der Waals surface area contributed by atoms with Crippen LogP contribution in [-0.2, 0) is 0 Å². The minimum absolute atomic E-state index is 0.338. The molecule has 2 heteroatoms. The first-order valence-electron chi connectivity index (χ1n) is 5.81. The van der Waals surface area contributed by atoms with Crippen molar-refractivity contribution in [1.29, 1.82) is 0 Å². The van der Waals surface area contributed by atoms with E-state index in [2.05, 4.69) is 33.0 Å². The van der Waals surface area contributed by atoms with Gasteiger partial charge in [0.25, 0.3) is 0 Å². The van der Waals surface area contributed by atoms with Crippen LogP contribution in [0.15, 0.2) is 0 Å². The fourth-order valence-corrected chi connectivity index (χ4v) is 1.50. The topological polar surface area (TPSA) is 32.3 Å². The fourth-order valence-electron chi connectivity index (χ4n) is 1.50. The van der Waals surface area contributed by atoms with E-state index >= 15 is 0 Å². The molecule has 0 fully saturated rings. The number of aliphatic hydroxyl groups is 1. The van der Waals surface area contributed by atoms with Crippen LogP contribution in [0.2, 0.25) is 0 Å². The molecular weight excluding hydrogens is 174 g/mol. The summed E-state index contributed by atoms with van der Waals surface area (Å²) in [5.41, 5.74) is 0.361. The van der Waals surface area contributed by atoms with Crippen molar-refractivity contribution >= 4 is 0 Å². The molecule has 0 unspecified atom stereocenters. The van der Waals surface area contributed by atoms with Gasteiger partial charge in [-0.15, -0.1) is 0 Å². The Morgan fingerprint density at radius 3 is 2.29 bits per heavy atom. The van der Waals surface area contributed by atoms with Crippen molar-refractivity contribution < 1.29 is 5.11 Å². The van der Waals surface area contributed by atoms with Gasteiger partial charge < -0.3 is 10.4 Å². The average Bonchev–Trinajstić information content (AvgIpc) is 2.08. The zero-order valence-electron chi connectivity index (χ0n) is 10.3. The number of hydrogen-bond acceptors (Lipinski definition) is 2. The van der Waals surface area contributed by atoms with Gasteiger partial charge in [-0.05, 0) is 37.3 Å². The molecule has 14 heavy (non-hydrogen) atoms. The van der Waals surface area contributed by atoms with Crippen LogP contribution in [0.5, 0.6) is 0 Å². The first-order valence-corrected chi connectivity index (χ1v) is 5.81. The Kier molecular flexibility index (Phi) is 7.20. The molecular formula is C12H27NO. The number of aliphatic hydroxyl groups excluding tert-OH is 1. The smallest absolute Gasteiger partial charge is 0.0459 e. The Labute approximate surface area is 89.1 Å². The SMILES string of the molecule is CCC[C@H](CO)CCNCC(C)(C)C. The molecule has 0 aromatic heterocycles. The van der Waals surface area contributed by atoms with Crippen LogP contribution >= 0.6 is 0 Å². The Morgan fingerprint density at radius 2 is 1.86 bits per heavy atom. The lowest BCUT2D eigenvalue weighted by Gasteiger charge is -2.20. The van der Waals surface area contributed by atoms with E-state index in [0.29, 0.717) is 17.9 Å². The molecule has 0 radical (unpaired) electrons. The Balaban J connectivity index is 3.42. The molecule has 2 N–H and O–H groups in total. The second-order valence-corrected chi connectivity index (χ2v) is 5.36. The zero-order chi connectivity index (χ0) is 11.0. The van der Waals surface area contributed by atoms with Gasteiger partial charge in [0.1, 0.15) is 0 Å². The normalized spacial score (nSPS) is 14.4. The second-order valence-electron chi connectivity index (χ2n) is 5.36. The highest BCUT2D eigenvalue weighted by Crippen LogP contribution is 2.12. The molecule has 2 nitrogen and oxygen atoms in total. The third kappa shape index (κ3) is 8.52. The van der Waals surface area contributed by atoms with Gasteiger partial charge in [0.2, 0.25) is 0 Å². The molecule has 0 spiro atoms. The van der Waals surface area contributed by atoms with E-state index < -0.39 is 0 Å². The van der Waals surface area contributed by atoms with Gasteiger partial charge in [-0.25, -0.2) is 0 Å². The van der Waals surface area contributed by atoms with Crippen molar-refractivity contribution in [3.8, 4) is 0 Å². The molecule has 86 valence electrons. The Hall–Kier alpha value is -0.0800. The highest BCUT2D eigenvalue weighted by molar-refractivity contribution is 4.66. The van der Waals surface area contributed by atoms with Crippen LogP contribution < -0.4 is 5.32 Å². The van der Waals surface area contributed by atoms with Gasteiger partial charge in [-0.2, -0.15) is 0 Å². The van der Waals surface area contributed by atoms with Gasteiger partial charge in [-0.1, -0.05) is 34.1 Å². The van der Waals surface area contributed by atoms with Crippen molar-refractivity contribution in [2.45, 2.75) is 47.0 Å². The van der Waals surface area contributed by atoms with E-state index in [1.807, 2.05) is 0 Å². The van der Waals surface area contributed by atoms with E-state index in [-0.39, 0.29) is 0 Å². The van der Waals surface area contributed by atoms with Crippen molar-refractivity contribution in [2.24, 2.45) is 11.3 Å². The van der Waals surface area contributed by atoms with Crippen LogP contribution in [0, 0.1) is 11.3 Å². The summed E-state index contributed by atoms with van der Waals surface area (Å²) in [5, 5.41) is 12.5. The summed E-state index contributed by atoms with van der Waals surface area (Å²) < 4.78 is 0. The molecule has 1 atom stereocenters. The minimum atomic E-state index is 0.338. The van der Waals surface area contributed by atoms with Gasteiger partial charge in [0.15, 0.2) is 0 Å². The fraction of sp³-hybridized carbons (Fsp3) is 1.00. The maximum absolute atomic E-state index is 9.09. The molecule has 0 bridgehead atoms. The van der Waals surface area contributed by atoms with E-state index in [1.165, 1.54) is 6.42 Å². The summed E-state index contributed by atoms with van der Waals surface area (Å²) in [5.74, 6) is 0.493. The number of nitrogens with one attached hydrogen (secondary N) is 1. The van der Waals surface area contributed by atoms with Crippen molar-refractivity contribution in [3.05, 3.63) is 0 Å². The lowest BCUT2D eigenvalue weighted by atomic mass is 9.96. The molecule has 0 amide bonds. The van der Waals surface area contributed by atoms with E-state index in [1.54, 1.807) is 0 Å². The maximum atomic E-state index is 9.09. The first kappa shape index (κ1) is 13.9. The van der Waals surface area contributed by atoms with Gasteiger partial charge in [-0.3, -0.25) is 0 Å². The standard InChI is InChI=1S/C12H27NO/c1-5-6-11(9-14)7-8-13-10-12(2,3)4/h11,13-14H,5-10H2,1-4H3/t11-/m0/s1. The van der Waals surface area contributed by atoms with Crippen LogP contribution in [0.1, 0.15) is 47.0 Å². The van der Waals surface area contributed by atoms with Crippen molar-refractivity contribution in [1.82, 2.24) is 5.32 Å². The van der Waals surface area contributed by atoms with Gasteiger partial charge >= 0.3 is 0 Å². The van der Waals surface area contributed by atoms with Crippen molar-refractivity contribution in [3.63, 3.8) is 0 Å². The third-order valence-electron chi connectivity index (χ3n) is 2.34. The summed E-state index contributed by atoms with van der Waals surface area (Å²) >= 11 is 0. The molecule has 0 saturated carbocycles. The molecule has 0 aromatic rings. The van der Waals surface area contributed by atoms with Crippen LogP contribution in [0.4, 0.5) is 0 Å². The monoisotopic (exact) mass is 201 g/mol. The lowest BCUT2D eigenvalue weighted by molar-refractivity contribution is 0.207. The summed E-state index contributed by atoms with van der Waals surface area (Å²) in [4.78, 5) is 0. The molecule has 0 aliphatic carbocycles. The molecule has 0 heterocycles. The van der Waals surface area contributed by atoms with E-state index in [0.717, 1.165) is 25.9 Å². The Morgan fingerprint density at radius 1 is 1.21 bits per heavy atom. The minimum Gasteiger partial charge on any atom is -0.396 e. The largest absolute Gasteiger partial charge is 0.396 e.